The first-order valence-electron chi connectivity index (χ1n) is 12.1. The van der Waals surface area contributed by atoms with E-state index in [-0.39, 0.29) is 5.70 Å². The van der Waals surface area contributed by atoms with E-state index in [1.165, 1.54) is 6.07 Å². The molecule has 0 bridgehead atoms. The fourth-order valence-corrected chi connectivity index (χ4v) is 4.21. The number of piperazine rings is 1. The minimum absolute atomic E-state index is 0.175. The van der Waals surface area contributed by atoms with Crippen LogP contribution >= 0.6 is 0 Å². The summed E-state index contributed by atoms with van der Waals surface area (Å²) in [6.45, 7) is 2.27. The molecule has 2 fully saturated rings. The third-order valence-corrected chi connectivity index (χ3v) is 6.42. The first kappa shape index (κ1) is 25.3. The maximum Gasteiger partial charge on any atom is 0.417 e. The molecule has 0 unspecified atom stereocenters. The van der Waals surface area contributed by atoms with Crippen LogP contribution in [-0.4, -0.2) is 71.2 Å². The third kappa shape index (κ3) is 5.33. The number of imide groups is 1. The SMILES string of the molecule is CN/C(=C\c1cnn2c(NC3CC3)cc(N3CCN(c4ccc(C(F)(F)F)cn4)CC3)nc12)C(=O)NC=O. The molecule has 2 aliphatic rings. The molecule has 0 atom stereocenters. The van der Waals surface area contributed by atoms with Crippen molar-refractivity contribution in [2.45, 2.75) is 25.1 Å². The van der Waals surface area contributed by atoms with Gasteiger partial charge >= 0.3 is 6.18 Å². The monoisotopic (exact) mass is 529 g/mol. The Morgan fingerprint density at radius 3 is 2.37 bits per heavy atom. The number of halogens is 3. The average molecular weight is 530 g/mol. The number of pyridine rings is 1. The Balaban J connectivity index is 1.40. The summed E-state index contributed by atoms with van der Waals surface area (Å²) < 4.78 is 40.3. The number of nitrogens with zero attached hydrogens (tertiary/aromatic N) is 6. The lowest BCUT2D eigenvalue weighted by atomic mass is 10.2. The summed E-state index contributed by atoms with van der Waals surface area (Å²) in [4.78, 5) is 35.8. The predicted octanol–water partition coefficient (Wildman–Crippen LogP) is 1.88. The van der Waals surface area contributed by atoms with Crippen molar-refractivity contribution >= 4 is 41.5 Å². The molecule has 3 aromatic rings. The van der Waals surface area contributed by atoms with Crippen molar-refractivity contribution in [3.8, 4) is 0 Å². The number of carbonyl (C=O) groups excluding carboxylic acids is 2. The zero-order valence-corrected chi connectivity index (χ0v) is 20.5. The van der Waals surface area contributed by atoms with Gasteiger partial charge in [0.05, 0.1) is 11.8 Å². The molecule has 2 amide bonds. The van der Waals surface area contributed by atoms with Gasteiger partial charge in [0.1, 0.15) is 23.2 Å². The van der Waals surface area contributed by atoms with Crippen molar-refractivity contribution in [1.82, 2.24) is 30.2 Å². The Hall–Kier alpha value is -4.36. The van der Waals surface area contributed by atoms with E-state index >= 15 is 0 Å². The second-order valence-corrected chi connectivity index (χ2v) is 9.03. The number of carbonyl (C=O) groups is 2. The number of nitrogens with one attached hydrogen (secondary N) is 3. The van der Waals surface area contributed by atoms with Crippen molar-refractivity contribution in [3.63, 3.8) is 0 Å². The minimum atomic E-state index is -4.42. The normalized spacial score (nSPS) is 16.5. The van der Waals surface area contributed by atoms with Crippen LogP contribution in [0, 0.1) is 0 Å². The van der Waals surface area contributed by atoms with E-state index in [1.54, 1.807) is 23.8 Å². The van der Waals surface area contributed by atoms with Gasteiger partial charge in [-0.1, -0.05) is 0 Å². The summed E-state index contributed by atoms with van der Waals surface area (Å²) in [5.74, 6) is 1.39. The van der Waals surface area contributed by atoms with E-state index in [4.69, 9.17) is 4.98 Å². The molecule has 11 nitrogen and oxygen atoms in total. The van der Waals surface area contributed by atoms with Gasteiger partial charge < -0.3 is 20.4 Å². The van der Waals surface area contributed by atoms with Gasteiger partial charge in [0, 0.05) is 57.1 Å². The van der Waals surface area contributed by atoms with Crippen LogP contribution in [0.1, 0.15) is 24.0 Å². The van der Waals surface area contributed by atoms with Crippen LogP contribution in [-0.2, 0) is 15.8 Å². The number of hydrogen-bond acceptors (Lipinski definition) is 9. The molecule has 0 aromatic carbocycles. The van der Waals surface area contributed by atoms with E-state index in [0.29, 0.717) is 61.5 Å². The van der Waals surface area contributed by atoms with Crippen LogP contribution < -0.4 is 25.8 Å². The number of aromatic nitrogens is 4. The molecule has 200 valence electrons. The highest BCUT2D eigenvalue weighted by atomic mass is 19.4. The fourth-order valence-electron chi connectivity index (χ4n) is 4.21. The zero-order chi connectivity index (χ0) is 26.9. The highest BCUT2D eigenvalue weighted by Gasteiger charge is 2.31. The molecule has 1 saturated heterocycles. The van der Waals surface area contributed by atoms with Gasteiger partial charge in [-0.3, -0.25) is 14.9 Å². The van der Waals surface area contributed by atoms with Crippen molar-refractivity contribution in [2.24, 2.45) is 0 Å². The second kappa shape index (κ2) is 10.2. The van der Waals surface area contributed by atoms with E-state index < -0.39 is 17.6 Å². The average Bonchev–Trinajstić information content (AvgIpc) is 3.64. The lowest BCUT2D eigenvalue weighted by Crippen LogP contribution is -2.47. The minimum Gasteiger partial charge on any atom is -0.384 e. The van der Waals surface area contributed by atoms with Crippen molar-refractivity contribution in [3.05, 3.63) is 47.4 Å². The molecule has 38 heavy (non-hydrogen) atoms. The van der Waals surface area contributed by atoms with Crippen LogP contribution in [0.25, 0.3) is 11.7 Å². The Kier molecular flexibility index (Phi) is 6.78. The maximum atomic E-state index is 12.9. The van der Waals surface area contributed by atoms with Gasteiger partial charge in [-0.25, -0.2) is 9.97 Å². The molecule has 0 radical (unpaired) electrons. The first-order valence-corrected chi connectivity index (χ1v) is 12.1. The lowest BCUT2D eigenvalue weighted by molar-refractivity contribution is -0.137. The predicted molar refractivity (Wildman–Crippen MR) is 135 cm³/mol. The zero-order valence-electron chi connectivity index (χ0n) is 20.5. The van der Waals surface area contributed by atoms with Gasteiger partial charge in [-0.15, -0.1) is 0 Å². The number of hydrogen-bond donors (Lipinski definition) is 3. The smallest absolute Gasteiger partial charge is 0.384 e. The molecular formula is C24H26F3N9O2. The molecule has 3 aromatic heterocycles. The van der Waals surface area contributed by atoms with E-state index in [1.807, 2.05) is 11.0 Å². The standard InChI is InChI=1S/C24H26F3N9O2/c1-28-18(23(38)30-14-37)10-15-12-31-36-21(32-17-3-4-17)11-20(33-22(15)36)35-8-6-34(7-9-35)19-5-2-16(13-29-19)24(25,26)27/h2,5,10-14,17,28,32H,3-4,6-9H2,1H3,(H,30,37,38)/b18-10-. The summed E-state index contributed by atoms with van der Waals surface area (Å²) in [6.07, 6.45) is 2.04. The highest BCUT2D eigenvalue weighted by Crippen LogP contribution is 2.31. The van der Waals surface area contributed by atoms with Crippen LogP contribution in [0.2, 0.25) is 0 Å². The van der Waals surface area contributed by atoms with Gasteiger partial charge in [-0.05, 0) is 31.1 Å². The molecule has 14 heteroatoms. The summed E-state index contributed by atoms with van der Waals surface area (Å²) in [6, 6.07) is 4.72. The Morgan fingerprint density at radius 2 is 1.79 bits per heavy atom. The van der Waals surface area contributed by atoms with Crippen LogP contribution in [0.5, 0.6) is 0 Å². The molecule has 0 spiro atoms. The van der Waals surface area contributed by atoms with Gasteiger partial charge in [-0.2, -0.15) is 22.8 Å². The van der Waals surface area contributed by atoms with E-state index in [0.717, 1.165) is 30.9 Å². The fraction of sp³-hybridized carbons (Fsp3) is 0.375. The first-order chi connectivity index (χ1) is 18.3. The molecule has 5 rings (SSSR count). The number of amides is 2. The van der Waals surface area contributed by atoms with Gasteiger partial charge in [0.15, 0.2) is 5.65 Å². The summed E-state index contributed by atoms with van der Waals surface area (Å²) in [7, 11) is 1.58. The van der Waals surface area contributed by atoms with Gasteiger partial charge in [0.25, 0.3) is 5.91 Å². The second-order valence-electron chi connectivity index (χ2n) is 9.03. The third-order valence-electron chi connectivity index (χ3n) is 6.42. The van der Waals surface area contributed by atoms with Crippen LogP contribution in [0.15, 0.2) is 36.3 Å². The number of anilines is 3. The van der Waals surface area contributed by atoms with Crippen molar-refractivity contribution < 1.29 is 22.8 Å². The Bertz CT molecular complexity index is 1360. The quantitative estimate of drug-likeness (QED) is 0.297. The topological polar surface area (TPSA) is 120 Å². The molecule has 4 heterocycles. The Labute approximate surface area is 215 Å². The molecule has 3 N–H and O–H groups in total. The van der Waals surface area contributed by atoms with E-state index in [2.05, 4.69) is 30.9 Å². The van der Waals surface area contributed by atoms with Gasteiger partial charge in [0.2, 0.25) is 6.41 Å². The number of likely N-dealkylation sites (N-methyl/N-ethyl adjacent to an activating group) is 1. The number of rotatable bonds is 8. The Morgan fingerprint density at radius 1 is 1.08 bits per heavy atom. The molecule has 1 saturated carbocycles. The molecule has 1 aliphatic heterocycles. The highest BCUT2D eigenvalue weighted by molar-refractivity contribution is 6.02. The number of alkyl halides is 3. The lowest BCUT2D eigenvalue weighted by Gasteiger charge is -2.36. The van der Waals surface area contributed by atoms with Crippen LogP contribution in [0.3, 0.4) is 0 Å². The summed E-state index contributed by atoms with van der Waals surface area (Å²) >= 11 is 0. The van der Waals surface area contributed by atoms with Crippen LogP contribution in [0.4, 0.5) is 30.6 Å². The van der Waals surface area contributed by atoms with Crippen molar-refractivity contribution in [2.75, 3.05) is 48.3 Å². The maximum absolute atomic E-state index is 12.9. The molecular weight excluding hydrogens is 503 g/mol. The van der Waals surface area contributed by atoms with Crippen molar-refractivity contribution in [1.29, 1.82) is 0 Å². The number of fused-ring (bicyclic) bond motifs is 1. The largest absolute Gasteiger partial charge is 0.417 e. The summed E-state index contributed by atoms with van der Waals surface area (Å²) in [5, 5.41) is 12.8. The molecule has 1 aliphatic carbocycles. The van der Waals surface area contributed by atoms with E-state index in [9.17, 15) is 22.8 Å². The summed E-state index contributed by atoms with van der Waals surface area (Å²) in [5.41, 5.74) is 0.519.